The molecular weight excluding hydrogens is 345 g/mol. The quantitative estimate of drug-likeness (QED) is 0.649. The van der Waals surface area contributed by atoms with E-state index in [1.165, 1.54) is 6.20 Å². The average molecular weight is 367 g/mol. The van der Waals surface area contributed by atoms with Gasteiger partial charge in [0.15, 0.2) is 0 Å². The summed E-state index contributed by atoms with van der Waals surface area (Å²) in [5.74, 6) is -0.521. The molecule has 0 radical (unpaired) electrons. The van der Waals surface area contributed by atoms with Gasteiger partial charge in [0.1, 0.15) is 5.69 Å². The summed E-state index contributed by atoms with van der Waals surface area (Å²) in [5.41, 5.74) is 3.26. The minimum atomic E-state index is -0.493. The number of halogens is 1. The van der Waals surface area contributed by atoms with E-state index in [9.17, 15) is 9.18 Å². The Balaban J connectivity index is 1.86. The average Bonchev–Trinajstić information content (AvgIpc) is 3.11. The number of aromatic nitrogens is 4. The summed E-state index contributed by atoms with van der Waals surface area (Å²) >= 11 is 0. The Labute approximate surface area is 157 Å². The Hall–Kier alpha value is -3.09. The van der Waals surface area contributed by atoms with Gasteiger partial charge in [0.2, 0.25) is 5.95 Å². The van der Waals surface area contributed by atoms with E-state index in [1.807, 2.05) is 38.1 Å². The smallest absolute Gasteiger partial charge is 0.254 e. The summed E-state index contributed by atoms with van der Waals surface area (Å²) in [6.07, 6.45) is 3.20. The molecule has 3 aromatic rings. The lowest BCUT2D eigenvalue weighted by Crippen LogP contribution is -2.33. The van der Waals surface area contributed by atoms with Gasteiger partial charge in [-0.05, 0) is 38.5 Å². The zero-order chi connectivity index (χ0) is 19.6. The van der Waals surface area contributed by atoms with Crippen LogP contribution < -0.4 is 0 Å². The SMILES string of the molecule is Cc1cc(-c2cn(Cc3ccccc3C(=O)N(C)C(C)C)nn2)cnc1F. The maximum absolute atomic E-state index is 13.4. The van der Waals surface area contributed by atoms with Crippen molar-refractivity contribution in [3.8, 4) is 11.3 Å². The fourth-order valence-electron chi connectivity index (χ4n) is 2.67. The Bertz CT molecular complexity index is 967. The zero-order valence-corrected chi connectivity index (χ0v) is 15.8. The van der Waals surface area contributed by atoms with Crippen LogP contribution in [0.3, 0.4) is 0 Å². The Kier molecular flexibility index (Phi) is 5.30. The molecule has 0 saturated carbocycles. The van der Waals surface area contributed by atoms with Crippen molar-refractivity contribution >= 4 is 5.91 Å². The van der Waals surface area contributed by atoms with Crippen LogP contribution in [-0.2, 0) is 6.54 Å². The van der Waals surface area contributed by atoms with E-state index in [2.05, 4.69) is 15.3 Å². The molecule has 0 aliphatic heterocycles. The minimum Gasteiger partial charge on any atom is -0.339 e. The van der Waals surface area contributed by atoms with Crippen LogP contribution in [0.5, 0.6) is 0 Å². The zero-order valence-electron chi connectivity index (χ0n) is 15.8. The van der Waals surface area contributed by atoms with Crippen LogP contribution in [0.15, 0.2) is 42.7 Å². The molecule has 3 rings (SSSR count). The van der Waals surface area contributed by atoms with Crippen molar-refractivity contribution in [2.75, 3.05) is 7.05 Å². The first kappa shape index (κ1) is 18.7. The second-order valence-corrected chi connectivity index (χ2v) is 6.80. The van der Waals surface area contributed by atoms with E-state index < -0.39 is 5.95 Å². The number of rotatable bonds is 5. The van der Waals surface area contributed by atoms with Gasteiger partial charge in [0.05, 0.1) is 12.7 Å². The fraction of sp³-hybridized carbons (Fsp3) is 0.300. The van der Waals surface area contributed by atoms with Gasteiger partial charge in [-0.3, -0.25) is 4.79 Å². The van der Waals surface area contributed by atoms with Crippen molar-refractivity contribution in [2.24, 2.45) is 0 Å². The molecule has 2 aromatic heterocycles. The highest BCUT2D eigenvalue weighted by atomic mass is 19.1. The molecule has 6 nitrogen and oxygen atoms in total. The molecule has 140 valence electrons. The third-order valence-electron chi connectivity index (χ3n) is 4.52. The summed E-state index contributed by atoms with van der Waals surface area (Å²) in [6.45, 7) is 6.02. The topological polar surface area (TPSA) is 63.9 Å². The number of hydrogen-bond donors (Lipinski definition) is 0. The van der Waals surface area contributed by atoms with Gasteiger partial charge in [-0.2, -0.15) is 4.39 Å². The van der Waals surface area contributed by atoms with Crippen molar-refractivity contribution in [1.29, 1.82) is 0 Å². The molecule has 0 unspecified atom stereocenters. The highest BCUT2D eigenvalue weighted by Crippen LogP contribution is 2.19. The van der Waals surface area contributed by atoms with Crippen molar-refractivity contribution in [3.05, 3.63) is 65.4 Å². The Morgan fingerprint density at radius 3 is 2.74 bits per heavy atom. The first-order chi connectivity index (χ1) is 12.9. The first-order valence-corrected chi connectivity index (χ1v) is 8.74. The normalized spacial score (nSPS) is 11.0. The maximum atomic E-state index is 13.4. The number of pyridine rings is 1. The number of aryl methyl sites for hydroxylation is 1. The molecule has 0 aliphatic rings. The molecule has 2 heterocycles. The van der Waals surface area contributed by atoms with Crippen molar-refractivity contribution < 1.29 is 9.18 Å². The maximum Gasteiger partial charge on any atom is 0.254 e. The number of nitrogens with zero attached hydrogens (tertiary/aromatic N) is 5. The third-order valence-corrected chi connectivity index (χ3v) is 4.52. The van der Waals surface area contributed by atoms with E-state index in [4.69, 9.17) is 0 Å². The number of benzene rings is 1. The molecule has 0 bridgehead atoms. The van der Waals surface area contributed by atoms with Crippen LogP contribution in [0.25, 0.3) is 11.3 Å². The lowest BCUT2D eigenvalue weighted by Gasteiger charge is -2.22. The lowest BCUT2D eigenvalue weighted by atomic mass is 10.1. The molecule has 27 heavy (non-hydrogen) atoms. The van der Waals surface area contributed by atoms with Crippen LogP contribution in [-0.4, -0.2) is 43.9 Å². The van der Waals surface area contributed by atoms with E-state index in [0.29, 0.717) is 28.9 Å². The molecule has 0 aliphatic carbocycles. The third kappa shape index (κ3) is 4.02. The van der Waals surface area contributed by atoms with Gasteiger partial charge < -0.3 is 4.90 Å². The summed E-state index contributed by atoms with van der Waals surface area (Å²) < 4.78 is 15.0. The molecule has 0 atom stereocenters. The second-order valence-electron chi connectivity index (χ2n) is 6.80. The molecular formula is C20H22FN5O. The predicted octanol–water partition coefficient (Wildman–Crippen LogP) is 3.32. The first-order valence-electron chi connectivity index (χ1n) is 8.74. The molecule has 1 amide bonds. The van der Waals surface area contributed by atoms with Gasteiger partial charge in [-0.1, -0.05) is 23.4 Å². The monoisotopic (exact) mass is 367 g/mol. The number of carbonyl (C=O) groups is 1. The van der Waals surface area contributed by atoms with Crippen LogP contribution in [0, 0.1) is 12.9 Å². The Morgan fingerprint density at radius 2 is 2.04 bits per heavy atom. The van der Waals surface area contributed by atoms with Crippen molar-refractivity contribution in [2.45, 2.75) is 33.4 Å². The molecule has 0 saturated heterocycles. The van der Waals surface area contributed by atoms with Crippen molar-refractivity contribution in [3.63, 3.8) is 0 Å². The van der Waals surface area contributed by atoms with E-state index in [0.717, 1.165) is 5.56 Å². The van der Waals surface area contributed by atoms with E-state index >= 15 is 0 Å². The molecule has 0 spiro atoms. The largest absolute Gasteiger partial charge is 0.339 e. The van der Waals surface area contributed by atoms with Gasteiger partial charge in [-0.15, -0.1) is 5.10 Å². The van der Waals surface area contributed by atoms with Crippen molar-refractivity contribution in [1.82, 2.24) is 24.9 Å². The fourth-order valence-corrected chi connectivity index (χ4v) is 2.67. The van der Waals surface area contributed by atoms with Crippen LogP contribution in [0.4, 0.5) is 4.39 Å². The number of amides is 1. The van der Waals surface area contributed by atoms with Gasteiger partial charge in [0.25, 0.3) is 5.91 Å². The molecule has 0 fully saturated rings. The van der Waals surface area contributed by atoms with E-state index in [1.54, 1.807) is 35.8 Å². The highest BCUT2D eigenvalue weighted by Gasteiger charge is 2.18. The second kappa shape index (κ2) is 7.65. The summed E-state index contributed by atoms with van der Waals surface area (Å²) in [5, 5.41) is 8.29. The predicted molar refractivity (Wildman–Crippen MR) is 101 cm³/mol. The number of carbonyl (C=O) groups excluding carboxylic acids is 1. The lowest BCUT2D eigenvalue weighted by molar-refractivity contribution is 0.0753. The van der Waals surface area contributed by atoms with Gasteiger partial charge >= 0.3 is 0 Å². The summed E-state index contributed by atoms with van der Waals surface area (Å²) in [6, 6.07) is 9.27. The highest BCUT2D eigenvalue weighted by molar-refractivity contribution is 5.95. The summed E-state index contributed by atoms with van der Waals surface area (Å²) in [7, 11) is 1.79. The molecule has 1 aromatic carbocycles. The van der Waals surface area contributed by atoms with Gasteiger partial charge in [-0.25, -0.2) is 9.67 Å². The standard InChI is InChI=1S/C20H22FN5O/c1-13(2)25(4)20(27)17-8-6-5-7-15(17)11-26-12-18(23-24-26)16-9-14(3)19(21)22-10-16/h5-10,12-13H,11H2,1-4H3. The summed E-state index contributed by atoms with van der Waals surface area (Å²) in [4.78, 5) is 18.2. The minimum absolute atomic E-state index is 0.0284. The Morgan fingerprint density at radius 1 is 1.30 bits per heavy atom. The molecule has 7 heteroatoms. The van der Waals surface area contributed by atoms with Crippen LogP contribution in [0.2, 0.25) is 0 Å². The molecule has 0 N–H and O–H groups in total. The number of hydrogen-bond acceptors (Lipinski definition) is 4. The van der Waals surface area contributed by atoms with Crippen LogP contribution in [0.1, 0.15) is 35.3 Å². The van der Waals surface area contributed by atoms with Gasteiger partial charge in [0, 0.05) is 36.0 Å². The van der Waals surface area contributed by atoms with E-state index in [-0.39, 0.29) is 11.9 Å². The van der Waals surface area contributed by atoms with Crippen LogP contribution >= 0.6 is 0 Å².